The Bertz CT molecular complexity index is 776. The molecule has 0 radical (unpaired) electrons. The van der Waals surface area contributed by atoms with Gasteiger partial charge in [-0.15, -0.1) is 11.3 Å². The molecule has 1 aliphatic carbocycles. The van der Waals surface area contributed by atoms with Gasteiger partial charge in [0.2, 0.25) is 0 Å². The van der Waals surface area contributed by atoms with Gasteiger partial charge in [-0.25, -0.2) is 4.98 Å². The highest BCUT2D eigenvalue weighted by Crippen LogP contribution is 2.53. The number of aromatic nitrogens is 1. The van der Waals surface area contributed by atoms with Crippen molar-refractivity contribution in [1.82, 2.24) is 4.98 Å². The molecule has 0 spiro atoms. The van der Waals surface area contributed by atoms with Crippen molar-refractivity contribution in [3.63, 3.8) is 0 Å². The van der Waals surface area contributed by atoms with Gasteiger partial charge >= 0.3 is 5.97 Å². The van der Waals surface area contributed by atoms with E-state index < -0.39 is 0 Å². The highest BCUT2D eigenvalue weighted by atomic mass is 32.1. The van der Waals surface area contributed by atoms with Gasteiger partial charge in [0.15, 0.2) is 5.13 Å². The number of aryl methyl sites for hydroxylation is 1. The minimum atomic E-state index is -0.0448. The lowest BCUT2D eigenvalue weighted by Crippen LogP contribution is -2.26. The number of anilines is 1. The maximum Gasteiger partial charge on any atom is 0.309 e. The lowest BCUT2D eigenvalue weighted by atomic mass is 10.1. The highest BCUT2D eigenvalue weighted by molar-refractivity contribution is 7.14. The van der Waals surface area contributed by atoms with Crippen LogP contribution < -0.4 is 4.90 Å². The van der Waals surface area contributed by atoms with Gasteiger partial charge in [0.25, 0.3) is 0 Å². The van der Waals surface area contributed by atoms with Crippen LogP contribution in [0.4, 0.5) is 5.13 Å². The fourth-order valence-electron chi connectivity index (χ4n) is 3.66. The molecule has 1 N–H and O–H groups in total. The van der Waals surface area contributed by atoms with Crippen molar-refractivity contribution in [3.05, 3.63) is 29.1 Å². The van der Waals surface area contributed by atoms with Gasteiger partial charge in [-0.2, -0.15) is 0 Å². The molecule has 2 heterocycles. The molecular formula is C18H20N2O3S. The van der Waals surface area contributed by atoms with Crippen LogP contribution in [0.3, 0.4) is 0 Å². The predicted molar refractivity (Wildman–Crippen MR) is 93.3 cm³/mol. The van der Waals surface area contributed by atoms with E-state index in [2.05, 4.69) is 4.90 Å². The fraction of sp³-hybridized carbons (Fsp3) is 0.444. The van der Waals surface area contributed by atoms with Gasteiger partial charge < -0.3 is 14.7 Å². The molecule has 1 saturated heterocycles. The van der Waals surface area contributed by atoms with Crippen LogP contribution in [-0.4, -0.2) is 35.8 Å². The quantitative estimate of drug-likeness (QED) is 0.864. The molecule has 0 amide bonds. The molecule has 5 nitrogen and oxygen atoms in total. The largest absolute Gasteiger partial charge is 0.507 e. The number of piperidine rings is 1. The second kappa shape index (κ2) is 5.77. The summed E-state index contributed by atoms with van der Waals surface area (Å²) >= 11 is 1.59. The minimum absolute atomic E-state index is 0.0448. The number of nitrogens with zero attached hydrogens (tertiary/aromatic N) is 2. The van der Waals surface area contributed by atoms with Crippen molar-refractivity contribution in [2.24, 2.45) is 17.8 Å². The van der Waals surface area contributed by atoms with Crippen molar-refractivity contribution in [3.8, 4) is 17.0 Å². The van der Waals surface area contributed by atoms with E-state index in [0.717, 1.165) is 35.0 Å². The summed E-state index contributed by atoms with van der Waals surface area (Å²) in [6, 6.07) is 5.54. The van der Waals surface area contributed by atoms with Gasteiger partial charge in [-0.3, -0.25) is 4.79 Å². The van der Waals surface area contributed by atoms with Gasteiger partial charge in [-0.05, 0) is 37.8 Å². The second-order valence-electron chi connectivity index (χ2n) is 6.55. The van der Waals surface area contributed by atoms with Crippen molar-refractivity contribution >= 4 is 22.4 Å². The molecule has 2 aromatic rings. The summed E-state index contributed by atoms with van der Waals surface area (Å²) in [5.41, 5.74) is 2.67. The summed E-state index contributed by atoms with van der Waals surface area (Å²) in [5.74, 6) is 1.11. The maximum absolute atomic E-state index is 11.8. The molecule has 24 heavy (non-hydrogen) atoms. The van der Waals surface area contributed by atoms with E-state index in [4.69, 9.17) is 9.72 Å². The average molecular weight is 344 g/mol. The standard InChI is InChI=1S/C18H20N2O3S/c1-3-23-17(22)16-12-7-20(8-13(12)16)18-19-14(9-24-18)11-6-10(2)4-5-15(11)21/h4-6,9,12-13,16,21H,3,7-8H2,1-2H3/t12-,13?,16?/m0/s1. The monoisotopic (exact) mass is 344 g/mol. The average Bonchev–Trinajstić information content (AvgIpc) is 2.95. The summed E-state index contributed by atoms with van der Waals surface area (Å²) in [6.45, 7) is 6.02. The van der Waals surface area contributed by atoms with Gasteiger partial charge in [0.05, 0.1) is 18.2 Å². The van der Waals surface area contributed by atoms with Crippen molar-refractivity contribution in [2.75, 3.05) is 24.6 Å². The lowest BCUT2D eigenvalue weighted by Gasteiger charge is -2.18. The molecule has 1 saturated carbocycles. The predicted octanol–water partition coefficient (Wildman–Crippen LogP) is 3.07. The van der Waals surface area contributed by atoms with Crippen LogP contribution in [0.25, 0.3) is 11.3 Å². The normalized spacial score (nSPS) is 24.8. The van der Waals surface area contributed by atoms with Crippen molar-refractivity contribution in [2.45, 2.75) is 13.8 Å². The SMILES string of the molecule is CCOC(=O)C1C2CN(c3nc(-c4cc(C)ccc4O)cs3)C[C@@H]21. The first-order valence-corrected chi connectivity index (χ1v) is 9.13. The number of fused-ring (bicyclic) bond motifs is 1. The van der Waals surface area contributed by atoms with Gasteiger partial charge in [-0.1, -0.05) is 11.6 Å². The van der Waals surface area contributed by atoms with Crippen LogP contribution >= 0.6 is 11.3 Å². The molecule has 1 aliphatic heterocycles. The Morgan fingerprint density at radius 1 is 1.42 bits per heavy atom. The summed E-state index contributed by atoms with van der Waals surface area (Å²) < 4.78 is 5.13. The number of thiazole rings is 1. The third kappa shape index (κ3) is 2.55. The summed E-state index contributed by atoms with van der Waals surface area (Å²) in [4.78, 5) is 18.8. The zero-order chi connectivity index (χ0) is 16.8. The molecule has 2 fully saturated rings. The number of esters is 1. The van der Waals surface area contributed by atoms with Crippen LogP contribution in [0, 0.1) is 24.7 Å². The maximum atomic E-state index is 11.8. The number of carbonyl (C=O) groups excluding carboxylic acids is 1. The fourth-order valence-corrected chi connectivity index (χ4v) is 4.50. The molecule has 3 atom stereocenters. The first-order valence-electron chi connectivity index (χ1n) is 8.25. The number of ether oxygens (including phenoxy) is 1. The molecular weight excluding hydrogens is 324 g/mol. The Hall–Kier alpha value is -2.08. The number of benzene rings is 1. The lowest BCUT2D eigenvalue weighted by molar-refractivity contribution is -0.145. The van der Waals surface area contributed by atoms with E-state index in [1.54, 1.807) is 17.4 Å². The summed E-state index contributed by atoms with van der Waals surface area (Å²) in [6.07, 6.45) is 0. The summed E-state index contributed by atoms with van der Waals surface area (Å²) in [5, 5.41) is 13.0. The molecule has 1 aromatic heterocycles. The molecule has 2 unspecified atom stereocenters. The van der Waals surface area contributed by atoms with E-state index in [1.807, 2.05) is 31.4 Å². The molecule has 126 valence electrons. The molecule has 2 aliphatic rings. The van der Waals surface area contributed by atoms with Crippen LogP contribution in [0.2, 0.25) is 0 Å². The van der Waals surface area contributed by atoms with Crippen molar-refractivity contribution in [1.29, 1.82) is 0 Å². The Kier molecular flexibility index (Phi) is 3.72. The van der Waals surface area contributed by atoms with Crippen LogP contribution in [-0.2, 0) is 9.53 Å². The van der Waals surface area contributed by atoms with E-state index >= 15 is 0 Å². The number of phenolic OH excluding ortho intramolecular Hbond substituents is 1. The molecule has 4 rings (SSSR count). The molecule has 6 heteroatoms. The van der Waals surface area contributed by atoms with Crippen molar-refractivity contribution < 1.29 is 14.6 Å². The van der Waals surface area contributed by atoms with E-state index in [9.17, 15) is 9.90 Å². The first kappa shape index (κ1) is 15.4. The van der Waals surface area contributed by atoms with E-state index in [1.165, 1.54) is 0 Å². The Labute approximate surface area is 144 Å². The molecule has 0 bridgehead atoms. The van der Waals surface area contributed by atoms with E-state index in [-0.39, 0.29) is 17.6 Å². The Morgan fingerprint density at radius 2 is 2.17 bits per heavy atom. The number of hydrogen-bond donors (Lipinski definition) is 1. The minimum Gasteiger partial charge on any atom is -0.507 e. The number of phenols is 1. The van der Waals surface area contributed by atoms with Crippen LogP contribution in [0.15, 0.2) is 23.6 Å². The third-order valence-electron chi connectivity index (χ3n) is 4.94. The number of hydrogen-bond acceptors (Lipinski definition) is 6. The Morgan fingerprint density at radius 3 is 2.88 bits per heavy atom. The highest BCUT2D eigenvalue weighted by Gasteiger charge is 2.60. The topological polar surface area (TPSA) is 62.7 Å². The first-order chi connectivity index (χ1) is 11.6. The van der Waals surface area contributed by atoms with Crippen LogP contribution in [0.1, 0.15) is 12.5 Å². The second-order valence-corrected chi connectivity index (χ2v) is 7.38. The number of aromatic hydroxyl groups is 1. The van der Waals surface area contributed by atoms with E-state index in [0.29, 0.717) is 18.4 Å². The smallest absolute Gasteiger partial charge is 0.309 e. The van der Waals surface area contributed by atoms with Gasteiger partial charge in [0, 0.05) is 24.0 Å². The van der Waals surface area contributed by atoms with Gasteiger partial charge in [0.1, 0.15) is 5.75 Å². The van der Waals surface area contributed by atoms with Crippen LogP contribution in [0.5, 0.6) is 5.75 Å². The Balaban J connectivity index is 1.46. The number of carbonyl (C=O) groups is 1. The molecule has 1 aromatic carbocycles. The zero-order valence-corrected chi connectivity index (χ0v) is 14.5. The third-order valence-corrected chi connectivity index (χ3v) is 5.84. The zero-order valence-electron chi connectivity index (χ0n) is 13.7. The summed E-state index contributed by atoms with van der Waals surface area (Å²) in [7, 11) is 0. The number of rotatable bonds is 4.